The number of nitro groups is 1. The van der Waals surface area contributed by atoms with Gasteiger partial charge in [-0.2, -0.15) is 0 Å². The van der Waals surface area contributed by atoms with Crippen molar-refractivity contribution in [3.8, 4) is 0 Å². The predicted octanol–water partition coefficient (Wildman–Crippen LogP) is 2.85. The molecule has 2 aromatic rings. The van der Waals surface area contributed by atoms with E-state index in [1.54, 1.807) is 6.07 Å². The summed E-state index contributed by atoms with van der Waals surface area (Å²) in [5.41, 5.74) is 6.85. The summed E-state index contributed by atoms with van der Waals surface area (Å²) in [6.07, 6.45) is 3.52. The van der Waals surface area contributed by atoms with Gasteiger partial charge in [0.25, 0.3) is 5.91 Å². The van der Waals surface area contributed by atoms with Crippen LogP contribution < -0.4 is 11.1 Å². The number of carbonyl (C=O) groups excluding carboxylic acids is 2. The summed E-state index contributed by atoms with van der Waals surface area (Å²) < 4.78 is 0. The van der Waals surface area contributed by atoms with E-state index in [9.17, 15) is 19.7 Å². The molecule has 0 aliphatic carbocycles. The summed E-state index contributed by atoms with van der Waals surface area (Å²) in [6.45, 7) is 4.59. The molecule has 2 amide bonds. The van der Waals surface area contributed by atoms with Crippen LogP contribution in [0.25, 0.3) is 6.08 Å². The maximum absolute atomic E-state index is 12.3. The lowest BCUT2D eigenvalue weighted by Crippen LogP contribution is -2.30. The van der Waals surface area contributed by atoms with Gasteiger partial charge in [-0.1, -0.05) is 18.3 Å². The lowest BCUT2D eigenvalue weighted by Gasteiger charge is -2.25. The summed E-state index contributed by atoms with van der Waals surface area (Å²) in [7, 11) is 0. The van der Waals surface area contributed by atoms with Crippen molar-refractivity contribution in [2.75, 3.05) is 18.4 Å². The van der Waals surface area contributed by atoms with Crippen molar-refractivity contribution in [1.82, 2.24) is 4.90 Å². The van der Waals surface area contributed by atoms with Crippen LogP contribution in [0.2, 0.25) is 0 Å². The smallest absolute Gasteiger partial charge is 0.324 e. The zero-order valence-corrected chi connectivity index (χ0v) is 16.2. The van der Waals surface area contributed by atoms with Gasteiger partial charge in [0.05, 0.1) is 10.5 Å². The molecule has 3 N–H and O–H groups in total. The van der Waals surface area contributed by atoms with Gasteiger partial charge in [-0.3, -0.25) is 24.6 Å². The Hall–Kier alpha value is -2.56. The van der Waals surface area contributed by atoms with Crippen LogP contribution in [-0.2, 0) is 17.8 Å². The third-order valence-electron chi connectivity index (χ3n) is 4.26. The highest BCUT2D eigenvalue weighted by molar-refractivity contribution is 7.17. The van der Waals surface area contributed by atoms with Crippen LogP contribution in [0.5, 0.6) is 0 Å². The molecule has 0 fully saturated rings. The maximum atomic E-state index is 12.3. The van der Waals surface area contributed by atoms with Crippen LogP contribution >= 0.6 is 22.7 Å². The number of carbonyl (C=O) groups is 2. The van der Waals surface area contributed by atoms with Gasteiger partial charge in [0.2, 0.25) is 5.91 Å². The lowest BCUT2D eigenvalue weighted by molar-refractivity contribution is -0.380. The summed E-state index contributed by atoms with van der Waals surface area (Å²) in [5.74, 6) is -0.967. The van der Waals surface area contributed by atoms with Crippen LogP contribution in [0.3, 0.4) is 0 Å². The average Bonchev–Trinajstić information content (AvgIpc) is 3.23. The van der Waals surface area contributed by atoms with Gasteiger partial charge in [-0.15, -0.1) is 11.3 Å². The number of nitrogens with one attached hydrogen (secondary N) is 1. The molecule has 0 unspecified atom stereocenters. The Morgan fingerprint density at radius 3 is 2.81 bits per heavy atom. The van der Waals surface area contributed by atoms with E-state index in [2.05, 4.69) is 17.1 Å². The fraction of sp³-hybridized carbons (Fsp3) is 0.294. The SMILES string of the molecule is CCN1CCc2c(sc(NC(=O)C=Cc3ccc([N+](=O)[O-])s3)c2C(N)=O)C1. The van der Waals surface area contributed by atoms with Crippen LogP contribution in [-0.4, -0.2) is 34.7 Å². The van der Waals surface area contributed by atoms with Gasteiger partial charge in [-0.05, 0) is 30.7 Å². The van der Waals surface area contributed by atoms with Gasteiger partial charge >= 0.3 is 5.00 Å². The molecule has 142 valence electrons. The molecule has 0 atom stereocenters. The van der Waals surface area contributed by atoms with Crippen molar-refractivity contribution in [3.63, 3.8) is 0 Å². The summed E-state index contributed by atoms with van der Waals surface area (Å²) in [5, 5.41) is 13.9. The minimum absolute atomic E-state index is 0.0116. The highest BCUT2D eigenvalue weighted by Crippen LogP contribution is 2.37. The zero-order valence-electron chi connectivity index (χ0n) is 14.6. The Labute approximate surface area is 163 Å². The minimum atomic E-state index is -0.550. The molecule has 1 aliphatic heterocycles. The second-order valence-electron chi connectivity index (χ2n) is 5.95. The molecule has 0 bridgehead atoms. The molecule has 0 spiro atoms. The van der Waals surface area contributed by atoms with Crippen molar-refractivity contribution in [2.45, 2.75) is 19.9 Å². The number of likely N-dealkylation sites (N-methyl/N-ethyl adjacent to an activating group) is 1. The van der Waals surface area contributed by atoms with E-state index in [1.165, 1.54) is 29.6 Å². The molecule has 3 rings (SSSR count). The van der Waals surface area contributed by atoms with E-state index in [1.807, 2.05) is 0 Å². The molecular formula is C17H18N4O4S2. The lowest BCUT2D eigenvalue weighted by atomic mass is 10.0. The Morgan fingerprint density at radius 2 is 2.19 bits per heavy atom. The largest absolute Gasteiger partial charge is 0.365 e. The molecule has 8 nitrogen and oxygen atoms in total. The predicted molar refractivity (Wildman–Crippen MR) is 106 cm³/mol. The molecule has 3 heterocycles. The van der Waals surface area contributed by atoms with Gasteiger partial charge in [-0.25, -0.2) is 0 Å². The van der Waals surface area contributed by atoms with E-state index in [-0.39, 0.29) is 5.00 Å². The first-order chi connectivity index (χ1) is 12.9. The quantitative estimate of drug-likeness (QED) is 0.434. The fourth-order valence-electron chi connectivity index (χ4n) is 2.92. The summed E-state index contributed by atoms with van der Waals surface area (Å²) in [4.78, 5) is 38.3. The molecule has 10 heteroatoms. The summed E-state index contributed by atoms with van der Waals surface area (Å²) >= 11 is 2.35. The number of fused-ring (bicyclic) bond motifs is 1. The zero-order chi connectivity index (χ0) is 19.6. The number of hydrogen-bond donors (Lipinski definition) is 2. The van der Waals surface area contributed by atoms with E-state index in [0.29, 0.717) is 15.4 Å². The van der Waals surface area contributed by atoms with E-state index >= 15 is 0 Å². The van der Waals surface area contributed by atoms with Crippen LogP contribution in [0.4, 0.5) is 10.0 Å². The molecule has 2 aromatic heterocycles. The molecule has 0 aromatic carbocycles. The van der Waals surface area contributed by atoms with Crippen LogP contribution in [0.1, 0.15) is 32.6 Å². The number of rotatable bonds is 6. The number of nitrogens with zero attached hydrogens (tertiary/aromatic N) is 2. The van der Waals surface area contributed by atoms with Crippen molar-refractivity contribution >= 4 is 50.6 Å². The molecule has 0 radical (unpaired) electrons. The van der Waals surface area contributed by atoms with E-state index < -0.39 is 16.7 Å². The third kappa shape index (κ3) is 4.24. The number of hydrogen-bond acceptors (Lipinski definition) is 7. The Bertz CT molecular complexity index is 932. The first-order valence-electron chi connectivity index (χ1n) is 8.29. The molecule has 27 heavy (non-hydrogen) atoms. The Balaban J connectivity index is 1.77. The molecular weight excluding hydrogens is 388 g/mol. The first-order valence-corrected chi connectivity index (χ1v) is 9.92. The number of anilines is 1. The van der Waals surface area contributed by atoms with Gasteiger partial charge in [0.15, 0.2) is 0 Å². The van der Waals surface area contributed by atoms with E-state index in [0.717, 1.165) is 47.8 Å². The Morgan fingerprint density at radius 1 is 1.41 bits per heavy atom. The Kier molecular flexibility index (Phi) is 5.68. The maximum Gasteiger partial charge on any atom is 0.324 e. The minimum Gasteiger partial charge on any atom is -0.365 e. The van der Waals surface area contributed by atoms with Crippen molar-refractivity contribution in [1.29, 1.82) is 0 Å². The molecule has 0 saturated carbocycles. The van der Waals surface area contributed by atoms with Gasteiger partial charge in [0, 0.05) is 35.0 Å². The standard InChI is InChI=1S/C17H18N4O4S2/c1-2-20-8-7-11-12(9-20)27-17(15(11)16(18)23)19-13(22)5-3-10-4-6-14(26-10)21(24)25/h3-6H,2,7-9H2,1H3,(H2,18,23)(H,19,22). The number of amides is 2. The van der Waals surface area contributed by atoms with Crippen molar-refractivity contribution in [3.05, 3.63) is 49.2 Å². The second kappa shape index (κ2) is 7.99. The highest BCUT2D eigenvalue weighted by atomic mass is 32.1. The third-order valence-corrected chi connectivity index (χ3v) is 6.39. The van der Waals surface area contributed by atoms with Crippen molar-refractivity contribution < 1.29 is 14.5 Å². The normalized spacial score (nSPS) is 14.3. The van der Waals surface area contributed by atoms with Gasteiger partial charge in [0.1, 0.15) is 5.00 Å². The number of primary amides is 1. The topological polar surface area (TPSA) is 119 Å². The van der Waals surface area contributed by atoms with Crippen molar-refractivity contribution in [2.24, 2.45) is 5.73 Å². The van der Waals surface area contributed by atoms with Crippen LogP contribution in [0, 0.1) is 10.1 Å². The number of thiophene rings is 2. The second-order valence-corrected chi connectivity index (χ2v) is 8.15. The first kappa shape index (κ1) is 19.2. The van der Waals surface area contributed by atoms with Crippen LogP contribution in [0.15, 0.2) is 18.2 Å². The number of nitrogens with two attached hydrogens (primary N) is 1. The molecule has 0 saturated heterocycles. The monoisotopic (exact) mass is 406 g/mol. The van der Waals surface area contributed by atoms with Gasteiger partial charge < -0.3 is 11.1 Å². The molecule has 1 aliphatic rings. The summed E-state index contributed by atoms with van der Waals surface area (Å²) in [6, 6.07) is 2.96. The van der Waals surface area contributed by atoms with E-state index in [4.69, 9.17) is 5.73 Å². The average molecular weight is 406 g/mol. The fourth-order valence-corrected chi connectivity index (χ4v) is 4.94. The highest BCUT2D eigenvalue weighted by Gasteiger charge is 2.26.